The number of hydrogen-bond acceptors (Lipinski definition) is 1. The van der Waals surface area contributed by atoms with Crippen LogP contribution < -0.4 is 0 Å². The van der Waals surface area contributed by atoms with Gasteiger partial charge in [-0.25, -0.2) is 0 Å². The predicted molar refractivity (Wildman–Crippen MR) is 84.4 cm³/mol. The Morgan fingerprint density at radius 1 is 0.833 bits per heavy atom. The van der Waals surface area contributed by atoms with Crippen molar-refractivity contribution >= 4 is 8.41 Å². The van der Waals surface area contributed by atoms with Crippen LogP contribution in [0.4, 0.5) is 0 Å². The first-order valence-corrected chi connectivity index (χ1v) is 6.57. The van der Waals surface area contributed by atoms with Crippen LogP contribution in [-0.4, -0.2) is 8.41 Å². The average Bonchev–Trinajstić information content (AvgIpc) is 2.51. The molecule has 1 aromatic rings. The zero-order valence-corrected chi connectivity index (χ0v) is 14.1. The third-order valence-electron chi connectivity index (χ3n) is 1.48. The summed E-state index contributed by atoms with van der Waals surface area (Å²) < 4.78 is 5.45. The highest BCUT2D eigenvalue weighted by Crippen LogP contribution is 2.23. The molecule has 1 rings (SSSR count). The number of rotatable bonds is 0. The molecule has 18 heavy (non-hydrogen) atoms. The average molecular weight is 251 g/mol. The summed E-state index contributed by atoms with van der Waals surface area (Å²) in [4.78, 5) is 0. The fraction of sp³-hybridized carbons (Fsp3) is 0.750. The Kier molecular flexibility index (Phi) is 11.6. The first-order chi connectivity index (χ1) is 7.50. The Morgan fingerprint density at radius 3 is 1.28 bits per heavy atom. The highest BCUT2D eigenvalue weighted by molar-refractivity contribution is 5.75. The van der Waals surface area contributed by atoms with Gasteiger partial charge in [-0.1, -0.05) is 62.3 Å². The lowest BCUT2D eigenvalue weighted by Crippen LogP contribution is -2.08. The summed E-state index contributed by atoms with van der Waals surface area (Å²) in [6.07, 6.45) is 0. The molecule has 2 heteroatoms. The van der Waals surface area contributed by atoms with Crippen LogP contribution in [0.3, 0.4) is 0 Å². The molecule has 0 atom stereocenters. The lowest BCUT2D eigenvalue weighted by molar-refractivity contribution is 0.395. The molecule has 105 valence electrons. The highest BCUT2D eigenvalue weighted by Gasteiger charge is 2.16. The SMILES string of the molecule is CC.CC(C)(C)C.Cc1ccc(C(C)(C)C)o1.[B]. The van der Waals surface area contributed by atoms with Crippen LogP contribution in [0.2, 0.25) is 0 Å². The lowest BCUT2D eigenvalue weighted by atomic mass is 9.94. The highest BCUT2D eigenvalue weighted by atomic mass is 16.3. The van der Waals surface area contributed by atoms with Gasteiger partial charge in [0, 0.05) is 13.8 Å². The Morgan fingerprint density at radius 2 is 1.17 bits per heavy atom. The van der Waals surface area contributed by atoms with Crippen molar-refractivity contribution in [3.63, 3.8) is 0 Å². The van der Waals surface area contributed by atoms with E-state index in [1.165, 1.54) is 0 Å². The van der Waals surface area contributed by atoms with Gasteiger partial charge in [-0.05, 0) is 24.5 Å². The molecule has 0 N–H and O–H groups in total. The molecule has 0 aliphatic rings. The van der Waals surface area contributed by atoms with Gasteiger partial charge in [-0.3, -0.25) is 0 Å². The van der Waals surface area contributed by atoms with Gasteiger partial charge in [-0.2, -0.15) is 0 Å². The fourth-order valence-corrected chi connectivity index (χ4v) is 0.838. The maximum Gasteiger partial charge on any atom is 0.109 e. The van der Waals surface area contributed by atoms with E-state index in [9.17, 15) is 0 Å². The summed E-state index contributed by atoms with van der Waals surface area (Å²) in [7, 11) is 0. The first kappa shape index (κ1) is 22.5. The molecule has 0 unspecified atom stereocenters. The number of furan rings is 1. The second kappa shape index (κ2) is 9.30. The van der Waals surface area contributed by atoms with Crippen molar-refractivity contribution in [2.45, 2.75) is 74.7 Å². The van der Waals surface area contributed by atoms with E-state index in [1.807, 2.05) is 32.9 Å². The molecule has 0 saturated carbocycles. The second-order valence-corrected chi connectivity index (χ2v) is 6.66. The predicted octanol–water partition coefficient (Wildman–Crippen LogP) is 5.58. The summed E-state index contributed by atoms with van der Waals surface area (Å²) in [5, 5.41) is 0. The van der Waals surface area contributed by atoms with Crippen molar-refractivity contribution in [2.75, 3.05) is 0 Å². The summed E-state index contributed by atoms with van der Waals surface area (Å²) in [6.45, 7) is 21.1. The smallest absolute Gasteiger partial charge is 0.109 e. The molecule has 0 aromatic carbocycles. The van der Waals surface area contributed by atoms with Crippen LogP contribution in [0, 0.1) is 12.3 Å². The van der Waals surface area contributed by atoms with Crippen LogP contribution in [-0.2, 0) is 5.41 Å². The molecule has 0 saturated heterocycles. The second-order valence-electron chi connectivity index (χ2n) is 6.66. The molecule has 0 amide bonds. The molecule has 0 fully saturated rings. The van der Waals surface area contributed by atoms with Gasteiger partial charge in [0.05, 0.1) is 0 Å². The molecular weight excluding hydrogens is 219 g/mol. The Labute approximate surface area is 117 Å². The molecule has 0 aliphatic heterocycles. The van der Waals surface area contributed by atoms with Crippen LogP contribution >= 0.6 is 0 Å². The van der Waals surface area contributed by atoms with E-state index in [1.54, 1.807) is 0 Å². The molecular formula is C16H32BO. The molecule has 1 aromatic heterocycles. The maximum absolute atomic E-state index is 5.45. The Balaban J connectivity index is -0.000000243. The third-order valence-corrected chi connectivity index (χ3v) is 1.48. The van der Waals surface area contributed by atoms with Crippen molar-refractivity contribution < 1.29 is 4.42 Å². The largest absolute Gasteiger partial charge is 0.466 e. The van der Waals surface area contributed by atoms with Gasteiger partial charge in [0.25, 0.3) is 0 Å². The van der Waals surface area contributed by atoms with Crippen LogP contribution in [0.15, 0.2) is 16.5 Å². The van der Waals surface area contributed by atoms with Gasteiger partial charge in [0.15, 0.2) is 0 Å². The lowest BCUT2D eigenvalue weighted by Gasteiger charge is -2.13. The van der Waals surface area contributed by atoms with Crippen molar-refractivity contribution in [1.82, 2.24) is 0 Å². The molecule has 1 nitrogen and oxygen atoms in total. The maximum atomic E-state index is 5.45. The summed E-state index contributed by atoms with van der Waals surface area (Å²) in [5.41, 5.74) is 0.647. The van der Waals surface area contributed by atoms with Gasteiger partial charge in [-0.15, -0.1) is 0 Å². The number of hydrogen-bond donors (Lipinski definition) is 0. The van der Waals surface area contributed by atoms with E-state index in [2.05, 4.69) is 48.5 Å². The van der Waals surface area contributed by atoms with E-state index in [4.69, 9.17) is 4.42 Å². The van der Waals surface area contributed by atoms with Crippen molar-refractivity contribution in [2.24, 2.45) is 5.41 Å². The van der Waals surface area contributed by atoms with Crippen molar-refractivity contribution in [3.05, 3.63) is 23.7 Å². The minimum atomic E-state index is 0. The zero-order chi connectivity index (χ0) is 14.3. The van der Waals surface area contributed by atoms with E-state index < -0.39 is 0 Å². The quantitative estimate of drug-likeness (QED) is 0.548. The van der Waals surface area contributed by atoms with Gasteiger partial charge >= 0.3 is 0 Å². The van der Waals surface area contributed by atoms with Crippen molar-refractivity contribution in [3.8, 4) is 0 Å². The molecule has 0 spiro atoms. The van der Waals surface area contributed by atoms with E-state index in [-0.39, 0.29) is 13.8 Å². The molecule has 3 radical (unpaired) electrons. The van der Waals surface area contributed by atoms with Gasteiger partial charge in [0.2, 0.25) is 0 Å². The minimum absolute atomic E-state index is 0. The third kappa shape index (κ3) is 15.3. The Bertz CT molecular complexity index is 281. The topological polar surface area (TPSA) is 13.1 Å². The fourth-order valence-electron chi connectivity index (χ4n) is 0.838. The Hall–Kier alpha value is -0.655. The molecule has 1 heterocycles. The standard InChI is InChI=1S/C9H14O.C5H12.C2H6.B/c1-7-5-6-8(10-7)9(2,3)4;1-5(2,3)4;1-2;/h5-6H,1-4H3;1-4H3;1-2H3;. The summed E-state index contributed by atoms with van der Waals surface area (Å²) in [5.74, 6) is 2.05. The van der Waals surface area contributed by atoms with Crippen LogP contribution in [0.5, 0.6) is 0 Å². The normalized spacial score (nSPS) is 10.3. The molecule has 0 bridgehead atoms. The van der Waals surface area contributed by atoms with Crippen LogP contribution in [0.25, 0.3) is 0 Å². The van der Waals surface area contributed by atoms with Gasteiger partial charge < -0.3 is 4.42 Å². The van der Waals surface area contributed by atoms with Crippen LogP contribution in [0.1, 0.15) is 73.8 Å². The van der Waals surface area contributed by atoms with E-state index in [0.717, 1.165) is 11.5 Å². The number of aryl methyl sites for hydroxylation is 1. The minimum Gasteiger partial charge on any atom is -0.466 e. The molecule has 0 aliphatic carbocycles. The van der Waals surface area contributed by atoms with Crippen molar-refractivity contribution in [1.29, 1.82) is 0 Å². The summed E-state index contributed by atoms with van der Waals surface area (Å²) in [6, 6.07) is 4.04. The summed E-state index contributed by atoms with van der Waals surface area (Å²) >= 11 is 0. The van der Waals surface area contributed by atoms with E-state index >= 15 is 0 Å². The zero-order valence-electron chi connectivity index (χ0n) is 14.1. The van der Waals surface area contributed by atoms with E-state index in [0.29, 0.717) is 5.41 Å². The van der Waals surface area contributed by atoms with Gasteiger partial charge in [0.1, 0.15) is 11.5 Å². The first-order valence-electron chi connectivity index (χ1n) is 6.57. The monoisotopic (exact) mass is 251 g/mol.